The van der Waals surface area contributed by atoms with Crippen LogP contribution in [0.15, 0.2) is 63.3 Å². The van der Waals surface area contributed by atoms with Gasteiger partial charge in [0.2, 0.25) is 0 Å². The number of sulfonamides is 1. The second-order valence-corrected chi connectivity index (χ2v) is 9.40. The first-order valence-electron chi connectivity index (χ1n) is 7.91. The number of ether oxygens (including phenoxy) is 1. The Morgan fingerprint density at radius 3 is 2.65 bits per heavy atom. The van der Waals surface area contributed by atoms with E-state index in [0.717, 1.165) is 16.0 Å². The third-order valence-corrected chi connectivity index (χ3v) is 7.78. The summed E-state index contributed by atoms with van der Waals surface area (Å²) in [5.74, 6) is 1.32. The molecule has 134 valence electrons. The molecule has 0 radical (unpaired) electrons. The van der Waals surface area contributed by atoms with Gasteiger partial charge in [0.15, 0.2) is 0 Å². The van der Waals surface area contributed by atoms with Crippen molar-refractivity contribution in [1.29, 1.82) is 0 Å². The van der Waals surface area contributed by atoms with Crippen molar-refractivity contribution in [3.8, 4) is 16.9 Å². The molecule has 0 fully saturated rings. The van der Waals surface area contributed by atoms with Crippen molar-refractivity contribution in [2.24, 2.45) is 0 Å². The first-order valence-corrected chi connectivity index (χ1v) is 11.3. The van der Waals surface area contributed by atoms with Crippen LogP contribution < -0.4 is 9.04 Å². The van der Waals surface area contributed by atoms with Crippen LogP contribution in [0.3, 0.4) is 0 Å². The lowest BCUT2D eigenvalue weighted by molar-refractivity contribution is 0.414. The predicted octanol–water partition coefficient (Wildman–Crippen LogP) is 4.12. The van der Waals surface area contributed by atoms with Crippen LogP contribution in [-0.4, -0.2) is 32.8 Å². The molecule has 26 heavy (non-hydrogen) atoms. The lowest BCUT2D eigenvalue weighted by atomic mass is 10.1. The van der Waals surface area contributed by atoms with Gasteiger partial charge >= 0.3 is 0 Å². The number of hydrogen-bond acceptors (Lipinski definition) is 6. The van der Waals surface area contributed by atoms with Crippen LogP contribution in [0.5, 0.6) is 5.75 Å². The van der Waals surface area contributed by atoms with E-state index in [1.54, 1.807) is 66.9 Å². The Balaban J connectivity index is 1.79. The first-order chi connectivity index (χ1) is 12.6. The molecule has 1 aromatic carbocycles. The Hall–Kier alpha value is -2.03. The Kier molecular flexibility index (Phi) is 4.64. The lowest BCUT2D eigenvalue weighted by Crippen LogP contribution is -2.35. The van der Waals surface area contributed by atoms with Gasteiger partial charge in [-0.05, 0) is 46.7 Å². The molecule has 0 bridgehead atoms. The second-order valence-electron chi connectivity index (χ2n) is 5.65. The van der Waals surface area contributed by atoms with E-state index in [0.29, 0.717) is 23.7 Å². The van der Waals surface area contributed by atoms with Crippen molar-refractivity contribution in [2.45, 2.75) is 9.79 Å². The van der Waals surface area contributed by atoms with Gasteiger partial charge in [0.05, 0.1) is 23.9 Å². The maximum absolute atomic E-state index is 13.2. The molecule has 4 rings (SSSR count). The Morgan fingerprint density at radius 2 is 1.96 bits per heavy atom. The van der Waals surface area contributed by atoms with Crippen molar-refractivity contribution in [3.05, 3.63) is 53.5 Å². The van der Waals surface area contributed by atoms with Crippen molar-refractivity contribution in [1.82, 2.24) is 4.98 Å². The molecule has 0 amide bonds. The number of hydrogen-bond donors (Lipinski definition) is 0. The highest BCUT2D eigenvalue weighted by molar-refractivity contribution is 8.00. The number of pyridine rings is 1. The SMILES string of the molecule is COc1ccc(S(=O)(=O)N2CCSc3c(-c4ccsc4)cncc32)cc1. The maximum atomic E-state index is 13.2. The molecular weight excluding hydrogens is 388 g/mol. The van der Waals surface area contributed by atoms with Gasteiger partial charge in [0.25, 0.3) is 10.0 Å². The highest BCUT2D eigenvalue weighted by Crippen LogP contribution is 2.43. The van der Waals surface area contributed by atoms with Gasteiger partial charge < -0.3 is 4.74 Å². The van der Waals surface area contributed by atoms with Crippen molar-refractivity contribution in [3.63, 3.8) is 0 Å². The average Bonchev–Trinajstić information content (AvgIpc) is 3.21. The van der Waals surface area contributed by atoms with Gasteiger partial charge in [-0.2, -0.15) is 11.3 Å². The number of nitrogens with zero attached hydrogens (tertiary/aromatic N) is 2. The summed E-state index contributed by atoms with van der Waals surface area (Å²) in [6.45, 7) is 0.417. The predicted molar refractivity (Wildman–Crippen MR) is 106 cm³/mol. The molecule has 5 nitrogen and oxygen atoms in total. The van der Waals surface area contributed by atoms with Crippen LogP contribution in [0, 0.1) is 0 Å². The Labute approximate surface area is 160 Å². The first kappa shape index (κ1) is 17.4. The maximum Gasteiger partial charge on any atom is 0.264 e. The van der Waals surface area contributed by atoms with Crippen LogP contribution in [0.4, 0.5) is 5.69 Å². The smallest absolute Gasteiger partial charge is 0.264 e. The molecule has 0 saturated heterocycles. The Morgan fingerprint density at radius 1 is 1.15 bits per heavy atom. The normalized spacial score (nSPS) is 14.1. The average molecular weight is 405 g/mol. The number of methoxy groups -OCH3 is 1. The zero-order chi connectivity index (χ0) is 18.1. The minimum Gasteiger partial charge on any atom is -0.497 e. The monoisotopic (exact) mass is 404 g/mol. The zero-order valence-corrected chi connectivity index (χ0v) is 16.4. The largest absolute Gasteiger partial charge is 0.497 e. The van der Waals surface area contributed by atoms with Gasteiger partial charge in [-0.3, -0.25) is 9.29 Å². The molecule has 0 atom stereocenters. The van der Waals surface area contributed by atoms with E-state index in [-0.39, 0.29) is 4.90 Å². The minimum atomic E-state index is -3.66. The van der Waals surface area contributed by atoms with Crippen LogP contribution >= 0.6 is 23.1 Å². The number of anilines is 1. The number of thioether (sulfide) groups is 1. The van der Waals surface area contributed by atoms with E-state index in [9.17, 15) is 8.42 Å². The highest BCUT2D eigenvalue weighted by Gasteiger charge is 2.31. The third-order valence-electron chi connectivity index (χ3n) is 4.17. The van der Waals surface area contributed by atoms with Gasteiger partial charge in [-0.25, -0.2) is 8.42 Å². The molecule has 2 aromatic heterocycles. The van der Waals surface area contributed by atoms with Gasteiger partial charge in [0.1, 0.15) is 5.75 Å². The zero-order valence-electron chi connectivity index (χ0n) is 14.0. The number of aromatic nitrogens is 1. The summed E-state index contributed by atoms with van der Waals surface area (Å²) in [4.78, 5) is 5.51. The molecule has 1 aliphatic rings. The van der Waals surface area contributed by atoms with E-state index >= 15 is 0 Å². The van der Waals surface area contributed by atoms with E-state index in [2.05, 4.69) is 10.4 Å². The molecule has 3 heterocycles. The molecule has 1 aliphatic heterocycles. The van der Waals surface area contributed by atoms with Crippen molar-refractivity contribution in [2.75, 3.05) is 23.7 Å². The van der Waals surface area contributed by atoms with Crippen LogP contribution in [0.2, 0.25) is 0 Å². The topological polar surface area (TPSA) is 59.5 Å². The van der Waals surface area contributed by atoms with Gasteiger partial charge in [-0.1, -0.05) is 0 Å². The molecule has 0 spiro atoms. The molecule has 0 aliphatic carbocycles. The number of benzene rings is 1. The highest BCUT2D eigenvalue weighted by atomic mass is 32.2. The van der Waals surface area contributed by atoms with Crippen LogP contribution in [-0.2, 0) is 10.0 Å². The molecule has 3 aromatic rings. The molecule has 8 heteroatoms. The summed E-state index contributed by atoms with van der Waals surface area (Å²) in [5.41, 5.74) is 2.68. The summed E-state index contributed by atoms with van der Waals surface area (Å²) in [5, 5.41) is 4.06. The third kappa shape index (κ3) is 2.98. The molecule has 0 N–H and O–H groups in total. The van der Waals surface area contributed by atoms with Gasteiger partial charge in [0, 0.05) is 29.0 Å². The summed E-state index contributed by atoms with van der Waals surface area (Å²) < 4.78 is 33.0. The summed E-state index contributed by atoms with van der Waals surface area (Å²) in [6, 6.07) is 8.50. The van der Waals surface area contributed by atoms with Crippen LogP contribution in [0.25, 0.3) is 11.1 Å². The lowest BCUT2D eigenvalue weighted by Gasteiger charge is -2.30. The molecular formula is C18H16N2O3S3. The standard InChI is InChI=1S/C18H16N2O3S3/c1-23-14-2-4-15(5-3-14)26(21,22)20-7-9-25-18-16(10-19-11-17(18)20)13-6-8-24-12-13/h2-6,8,10-12H,7,9H2,1H3. The van der Waals surface area contributed by atoms with Crippen molar-refractivity contribution < 1.29 is 13.2 Å². The second kappa shape index (κ2) is 6.94. The summed E-state index contributed by atoms with van der Waals surface area (Å²) in [7, 11) is -2.10. The number of thiophene rings is 1. The van der Waals surface area contributed by atoms with E-state index in [1.165, 1.54) is 4.31 Å². The molecule has 0 unspecified atom stereocenters. The Bertz CT molecular complexity index is 1020. The minimum absolute atomic E-state index is 0.247. The van der Waals surface area contributed by atoms with E-state index in [4.69, 9.17) is 4.74 Å². The van der Waals surface area contributed by atoms with Gasteiger partial charge in [-0.15, -0.1) is 11.8 Å². The number of fused-ring (bicyclic) bond motifs is 1. The molecule has 0 saturated carbocycles. The van der Waals surface area contributed by atoms with E-state index < -0.39 is 10.0 Å². The fraction of sp³-hybridized carbons (Fsp3) is 0.167. The summed E-state index contributed by atoms with van der Waals surface area (Å²) >= 11 is 3.28. The van der Waals surface area contributed by atoms with E-state index in [1.807, 2.05) is 11.4 Å². The fourth-order valence-corrected chi connectivity index (χ4v) is 6.27. The van der Waals surface area contributed by atoms with Crippen molar-refractivity contribution >= 4 is 38.8 Å². The quantitative estimate of drug-likeness (QED) is 0.655. The summed E-state index contributed by atoms with van der Waals surface area (Å²) in [6.07, 6.45) is 3.44. The fourth-order valence-electron chi connectivity index (χ4n) is 2.87. The van der Waals surface area contributed by atoms with Crippen LogP contribution in [0.1, 0.15) is 0 Å². The number of rotatable bonds is 4.